The van der Waals surface area contributed by atoms with Crippen LogP contribution in [0.4, 0.5) is 10.2 Å². The van der Waals surface area contributed by atoms with E-state index >= 15 is 0 Å². The number of hydrogen-bond acceptors (Lipinski definition) is 8. The molecule has 0 unspecified atom stereocenters. The molecule has 11 nitrogen and oxygen atoms in total. The van der Waals surface area contributed by atoms with Gasteiger partial charge in [-0.2, -0.15) is 14.8 Å². The first-order valence-corrected chi connectivity index (χ1v) is 13.4. The number of anilines is 1. The van der Waals surface area contributed by atoms with E-state index in [-0.39, 0.29) is 17.9 Å². The number of benzene rings is 1. The van der Waals surface area contributed by atoms with Gasteiger partial charge in [-0.05, 0) is 37.0 Å². The molecule has 1 aliphatic heterocycles. The number of carboxylic acids is 1. The number of nitriles is 1. The molecular formula is C28H29FN8O3. The number of aromatic carboxylic acids is 1. The summed E-state index contributed by atoms with van der Waals surface area (Å²) in [6, 6.07) is 11.8. The Bertz CT molecular complexity index is 1580. The highest BCUT2D eigenvalue weighted by Gasteiger charge is 2.26. The number of halogens is 1. The summed E-state index contributed by atoms with van der Waals surface area (Å²) in [6.45, 7) is 4.50. The molecule has 1 aromatic carbocycles. The van der Waals surface area contributed by atoms with Crippen LogP contribution in [0.3, 0.4) is 0 Å². The second kappa shape index (κ2) is 10.9. The van der Waals surface area contributed by atoms with E-state index < -0.39 is 11.8 Å². The summed E-state index contributed by atoms with van der Waals surface area (Å²) in [5.41, 5.74) is 0.699. The summed E-state index contributed by atoms with van der Waals surface area (Å²) in [4.78, 5) is 25.1. The van der Waals surface area contributed by atoms with Gasteiger partial charge in [-0.1, -0.05) is 18.6 Å². The highest BCUT2D eigenvalue weighted by molar-refractivity contribution is 5.86. The lowest BCUT2D eigenvalue weighted by molar-refractivity contribution is 0.0688. The number of fused-ring (bicyclic) bond motifs is 1. The minimum Gasteiger partial charge on any atom is -0.476 e. The second-order valence-electron chi connectivity index (χ2n) is 10.3. The SMILES string of the molecule is N#Cc1ccc(COc2cccc(N3CCN(Cc4nn5c(C(=O)O)cnc5n4CC4CCC4)CC3)n2)c(F)c1. The van der Waals surface area contributed by atoms with Crippen LogP contribution in [-0.2, 0) is 19.7 Å². The molecule has 206 valence electrons. The fraction of sp³-hybridized carbons (Fsp3) is 0.393. The van der Waals surface area contributed by atoms with Crippen molar-refractivity contribution in [3.05, 3.63) is 71.1 Å². The standard InChI is InChI=1S/C28H29FN8O3/c29-22-13-20(14-30)7-8-21(22)18-40-26-6-2-5-24(32-26)35-11-9-34(10-12-35)17-25-33-37-23(27(38)39)15-31-28(37)36(25)16-19-3-1-4-19/h2,5-8,13,15,19H,1,3-4,9-12,16-18H2,(H,38,39). The molecular weight excluding hydrogens is 515 g/mol. The van der Waals surface area contributed by atoms with E-state index in [0.717, 1.165) is 44.4 Å². The van der Waals surface area contributed by atoms with E-state index in [2.05, 4.69) is 29.4 Å². The first-order chi connectivity index (χ1) is 19.5. The van der Waals surface area contributed by atoms with Crippen LogP contribution >= 0.6 is 0 Å². The van der Waals surface area contributed by atoms with Crippen molar-refractivity contribution in [2.24, 2.45) is 5.92 Å². The van der Waals surface area contributed by atoms with Crippen LogP contribution in [0, 0.1) is 23.1 Å². The minimum absolute atomic E-state index is 0.0162. The number of piperazine rings is 1. The Kier molecular flexibility index (Phi) is 7.04. The highest BCUT2D eigenvalue weighted by Crippen LogP contribution is 2.29. The zero-order chi connectivity index (χ0) is 27.6. The number of carbonyl (C=O) groups is 1. The van der Waals surface area contributed by atoms with E-state index in [1.54, 1.807) is 18.2 Å². The lowest BCUT2D eigenvalue weighted by Crippen LogP contribution is -2.46. The van der Waals surface area contributed by atoms with Gasteiger partial charge in [0.25, 0.3) is 0 Å². The predicted octanol–water partition coefficient (Wildman–Crippen LogP) is 3.34. The zero-order valence-electron chi connectivity index (χ0n) is 21.9. The number of rotatable bonds is 9. The Morgan fingerprint density at radius 3 is 2.70 bits per heavy atom. The normalized spacial score (nSPS) is 16.1. The Labute approximate surface area is 230 Å². The van der Waals surface area contributed by atoms with E-state index in [9.17, 15) is 14.3 Å². The second-order valence-corrected chi connectivity index (χ2v) is 10.3. The summed E-state index contributed by atoms with van der Waals surface area (Å²) in [7, 11) is 0. The van der Waals surface area contributed by atoms with Crippen molar-refractivity contribution in [2.45, 2.75) is 39.0 Å². The maximum atomic E-state index is 14.2. The van der Waals surface area contributed by atoms with Crippen LogP contribution < -0.4 is 9.64 Å². The molecule has 4 aromatic rings. The summed E-state index contributed by atoms with van der Waals surface area (Å²) in [5.74, 6) is 1.66. The van der Waals surface area contributed by atoms with Crippen molar-refractivity contribution in [3.8, 4) is 11.9 Å². The van der Waals surface area contributed by atoms with Gasteiger partial charge in [0.1, 0.15) is 24.1 Å². The van der Waals surface area contributed by atoms with Gasteiger partial charge < -0.3 is 14.7 Å². The molecule has 1 aliphatic carbocycles. The van der Waals surface area contributed by atoms with Crippen molar-refractivity contribution in [2.75, 3.05) is 31.1 Å². The smallest absolute Gasteiger partial charge is 0.356 e. The average Bonchev–Trinajstić information content (AvgIpc) is 3.49. The van der Waals surface area contributed by atoms with Crippen molar-refractivity contribution >= 4 is 17.6 Å². The van der Waals surface area contributed by atoms with E-state index in [1.165, 1.54) is 36.0 Å². The number of carboxylic acid groups (broad SMARTS) is 1. The molecule has 0 bridgehead atoms. The third kappa shape index (κ3) is 5.20. The van der Waals surface area contributed by atoms with Crippen LogP contribution in [0.5, 0.6) is 5.88 Å². The Balaban J connectivity index is 1.09. The zero-order valence-corrected chi connectivity index (χ0v) is 21.9. The van der Waals surface area contributed by atoms with E-state index in [1.807, 2.05) is 18.2 Å². The number of imidazole rings is 1. The van der Waals surface area contributed by atoms with Gasteiger partial charge in [-0.25, -0.2) is 14.2 Å². The number of pyridine rings is 1. The average molecular weight is 545 g/mol. The van der Waals surface area contributed by atoms with Gasteiger partial charge >= 0.3 is 5.97 Å². The van der Waals surface area contributed by atoms with Crippen LogP contribution in [0.25, 0.3) is 5.78 Å². The Hall–Kier alpha value is -4.50. The van der Waals surface area contributed by atoms with E-state index in [4.69, 9.17) is 10.00 Å². The quantitative estimate of drug-likeness (QED) is 0.338. The number of aromatic nitrogens is 5. The van der Waals surface area contributed by atoms with Gasteiger partial charge in [-0.15, -0.1) is 5.10 Å². The highest BCUT2D eigenvalue weighted by atomic mass is 19.1. The lowest BCUT2D eigenvalue weighted by Gasteiger charge is -2.35. The van der Waals surface area contributed by atoms with Crippen LogP contribution in [0.1, 0.15) is 46.7 Å². The van der Waals surface area contributed by atoms with Gasteiger partial charge in [0.05, 0.1) is 24.4 Å². The fourth-order valence-electron chi connectivity index (χ4n) is 5.17. The largest absolute Gasteiger partial charge is 0.476 e. The van der Waals surface area contributed by atoms with Gasteiger partial charge in [-0.3, -0.25) is 9.47 Å². The minimum atomic E-state index is -1.04. The molecule has 1 saturated carbocycles. The fourth-order valence-corrected chi connectivity index (χ4v) is 5.17. The van der Waals surface area contributed by atoms with Crippen molar-refractivity contribution in [1.29, 1.82) is 5.26 Å². The summed E-state index contributed by atoms with van der Waals surface area (Å²) in [5, 5.41) is 23.1. The molecule has 4 heterocycles. The third-order valence-corrected chi connectivity index (χ3v) is 7.70. The first-order valence-electron chi connectivity index (χ1n) is 13.4. The summed E-state index contributed by atoms with van der Waals surface area (Å²) in [6.07, 6.45) is 4.95. The Morgan fingerprint density at radius 2 is 2.00 bits per heavy atom. The molecule has 0 atom stereocenters. The molecule has 40 heavy (non-hydrogen) atoms. The molecule has 2 aliphatic rings. The predicted molar refractivity (Wildman–Crippen MR) is 142 cm³/mol. The molecule has 0 spiro atoms. The molecule has 12 heteroatoms. The molecule has 1 N–H and O–H groups in total. The van der Waals surface area contributed by atoms with E-state index in [0.29, 0.717) is 29.7 Å². The maximum absolute atomic E-state index is 14.2. The molecule has 3 aromatic heterocycles. The van der Waals surface area contributed by atoms with Crippen molar-refractivity contribution in [1.82, 2.24) is 29.0 Å². The van der Waals surface area contributed by atoms with Crippen LogP contribution in [-0.4, -0.2) is 66.3 Å². The van der Waals surface area contributed by atoms with Crippen molar-refractivity contribution in [3.63, 3.8) is 0 Å². The van der Waals surface area contributed by atoms with Gasteiger partial charge in [0.15, 0.2) is 5.69 Å². The van der Waals surface area contributed by atoms with Gasteiger partial charge in [0.2, 0.25) is 11.7 Å². The monoisotopic (exact) mass is 544 g/mol. The number of ether oxygens (including phenoxy) is 1. The Morgan fingerprint density at radius 1 is 1.18 bits per heavy atom. The molecule has 2 fully saturated rings. The first kappa shape index (κ1) is 25.8. The summed E-state index contributed by atoms with van der Waals surface area (Å²) >= 11 is 0. The van der Waals surface area contributed by atoms with Crippen molar-refractivity contribution < 1.29 is 19.0 Å². The lowest BCUT2D eigenvalue weighted by atomic mass is 9.85. The molecule has 0 radical (unpaired) electrons. The maximum Gasteiger partial charge on any atom is 0.356 e. The molecule has 1 saturated heterocycles. The topological polar surface area (TPSA) is 125 Å². The van der Waals surface area contributed by atoms with Gasteiger partial charge in [0, 0.05) is 44.4 Å². The number of nitrogens with zero attached hydrogens (tertiary/aromatic N) is 8. The molecule has 6 rings (SSSR count). The third-order valence-electron chi connectivity index (χ3n) is 7.70. The van der Waals surface area contributed by atoms with Crippen LogP contribution in [0.15, 0.2) is 42.6 Å². The van der Waals surface area contributed by atoms with Crippen LogP contribution in [0.2, 0.25) is 0 Å². The summed E-state index contributed by atoms with van der Waals surface area (Å²) < 4.78 is 23.5. The molecule has 0 amide bonds. The number of hydrogen-bond donors (Lipinski definition) is 1.